The minimum Gasteiger partial charge on any atom is -0.383 e. The molecule has 0 amide bonds. The number of pyridine rings is 1. The number of likely N-dealkylation sites (tertiary alicyclic amines) is 1. The van der Waals surface area contributed by atoms with Crippen LogP contribution in [-0.4, -0.2) is 49.8 Å². The summed E-state index contributed by atoms with van der Waals surface area (Å²) in [5.74, 6) is 0. The monoisotopic (exact) mass is 277 g/mol. The number of hydrogen-bond donors (Lipinski definition) is 1. The van der Waals surface area contributed by atoms with E-state index in [1.165, 1.54) is 38.0 Å². The lowest BCUT2D eigenvalue weighted by Crippen LogP contribution is -2.31. The van der Waals surface area contributed by atoms with E-state index < -0.39 is 0 Å². The summed E-state index contributed by atoms with van der Waals surface area (Å²) in [6, 6.07) is 6.35. The lowest BCUT2D eigenvalue weighted by atomic mass is 10.1. The average Bonchev–Trinajstić information content (AvgIpc) is 2.51. The Bertz CT molecular complexity index is 378. The third kappa shape index (κ3) is 5.57. The molecule has 4 heteroatoms. The lowest BCUT2D eigenvalue weighted by molar-refractivity contribution is 0.199. The van der Waals surface area contributed by atoms with Crippen molar-refractivity contribution in [2.75, 3.05) is 39.9 Å². The van der Waals surface area contributed by atoms with Crippen LogP contribution in [0.5, 0.6) is 0 Å². The first-order valence-corrected chi connectivity index (χ1v) is 7.75. The molecule has 0 aromatic carbocycles. The molecule has 1 aromatic rings. The Morgan fingerprint density at radius 1 is 1.20 bits per heavy atom. The predicted octanol–water partition coefficient (Wildman–Crippen LogP) is 1.85. The number of nitrogens with zero attached hydrogens (tertiary/aromatic N) is 2. The first-order valence-electron chi connectivity index (χ1n) is 7.75. The highest BCUT2D eigenvalue weighted by Crippen LogP contribution is 2.09. The fourth-order valence-electron chi connectivity index (χ4n) is 2.61. The van der Waals surface area contributed by atoms with Gasteiger partial charge >= 0.3 is 0 Å². The molecule has 1 fully saturated rings. The Morgan fingerprint density at radius 2 is 2.00 bits per heavy atom. The zero-order valence-electron chi connectivity index (χ0n) is 12.6. The molecule has 0 aliphatic carbocycles. The first-order chi connectivity index (χ1) is 9.88. The van der Waals surface area contributed by atoms with Crippen molar-refractivity contribution in [2.24, 2.45) is 0 Å². The van der Waals surface area contributed by atoms with Crippen molar-refractivity contribution in [2.45, 2.75) is 32.2 Å². The van der Waals surface area contributed by atoms with Gasteiger partial charge in [-0.25, -0.2) is 0 Å². The van der Waals surface area contributed by atoms with E-state index in [1.54, 1.807) is 7.11 Å². The fraction of sp³-hybridized carbons (Fsp3) is 0.688. The van der Waals surface area contributed by atoms with Gasteiger partial charge in [-0.3, -0.25) is 4.98 Å². The molecule has 20 heavy (non-hydrogen) atoms. The van der Waals surface area contributed by atoms with Crippen molar-refractivity contribution in [3.8, 4) is 0 Å². The highest BCUT2D eigenvalue weighted by Gasteiger charge is 2.09. The standard InChI is InChI=1S/C16H27N3O/c1-20-13-9-17-14-16-7-5-6-15(18-16)8-12-19-10-3-2-4-11-19/h5-7,17H,2-4,8-14H2,1H3. The van der Waals surface area contributed by atoms with E-state index >= 15 is 0 Å². The van der Waals surface area contributed by atoms with Gasteiger partial charge in [0.15, 0.2) is 0 Å². The normalized spacial score (nSPS) is 16.4. The van der Waals surface area contributed by atoms with Crippen LogP contribution in [0.2, 0.25) is 0 Å². The van der Waals surface area contributed by atoms with Crippen LogP contribution in [0.1, 0.15) is 30.7 Å². The summed E-state index contributed by atoms with van der Waals surface area (Å²) in [5, 5.41) is 3.34. The Balaban J connectivity index is 1.73. The molecule has 0 radical (unpaired) electrons. The van der Waals surface area contributed by atoms with Crippen LogP contribution in [0, 0.1) is 0 Å². The Hall–Kier alpha value is -0.970. The van der Waals surface area contributed by atoms with Gasteiger partial charge in [-0.1, -0.05) is 12.5 Å². The zero-order chi connectivity index (χ0) is 14.0. The number of piperidine rings is 1. The molecular formula is C16H27N3O. The molecule has 0 bridgehead atoms. The second-order valence-electron chi connectivity index (χ2n) is 5.44. The van der Waals surface area contributed by atoms with Crippen LogP contribution in [0.15, 0.2) is 18.2 Å². The second kappa shape index (κ2) is 9.06. The maximum Gasteiger partial charge on any atom is 0.0587 e. The Labute approximate surface area is 122 Å². The zero-order valence-corrected chi connectivity index (χ0v) is 12.6. The molecule has 112 valence electrons. The number of methoxy groups -OCH3 is 1. The average molecular weight is 277 g/mol. The molecule has 1 N–H and O–H groups in total. The molecule has 0 saturated carbocycles. The van der Waals surface area contributed by atoms with Crippen LogP contribution in [-0.2, 0) is 17.7 Å². The van der Waals surface area contributed by atoms with Gasteiger partial charge in [0, 0.05) is 38.9 Å². The van der Waals surface area contributed by atoms with Crippen LogP contribution >= 0.6 is 0 Å². The molecular weight excluding hydrogens is 250 g/mol. The molecule has 1 aromatic heterocycles. The van der Waals surface area contributed by atoms with E-state index in [9.17, 15) is 0 Å². The van der Waals surface area contributed by atoms with E-state index in [0.717, 1.165) is 38.4 Å². The van der Waals surface area contributed by atoms with Crippen molar-refractivity contribution < 1.29 is 4.74 Å². The highest BCUT2D eigenvalue weighted by atomic mass is 16.5. The van der Waals surface area contributed by atoms with Gasteiger partial charge in [-0.15, -0.1) is 0 Å². The molecule has 0 atom stereocenters. The van der Waals surface area contributed by atoms with Gasteiger partial charge in [0.2, 0.25) is 0 Å². The van der Waals surface area contributed by atoms with E-state index in [1.807, 2.05) is 0 Å². The molecule has 1 aliphatic rings. The third-order valence-corrected chi connectivity index (χ3v) is 3.79. The number of nitrogens with one attached hydrogen (secondary N) is 1. The molecule has 4 nitrogen and oxygen atoms in total. The topological polar surface area (TPSA) is 37.4 Å². The van der Waals surface area contributed by atoms with Crippen LogP contribution < -0.4 is 5.32 Å². The summed E-state index contributed by atoms with van der Waals surface area (Å²) in [5.41, 5.74) is 2.33. The minimum absolute atomic E-state index is 0.745. The summed E-state index contributed by atoms with van der Waals surface area (Å²) in [7, 11) is 1.72. The van der Waals surface area contributed by atoms with E-state index in [2.05, 4.69) is 28.4 Å². The molecule has 0 unspecified atom stereocenters. The SMILES string of the molecule is COCCNCc1cccc(CCN2CCCCC2)n1. The van der Waals surface area contributed by atoms with Crippen LogP contribution in [0.4, 0.5) is 0 Å². The smallest absolute Gasteiger partial charge is 0.0587 e. The first kappa shape index (κ1) is 15.4. The van der Waals surface area contributed by atoms with Crippen molar-refractivity contribution in [3.05, 3.63) is 29.6 Å². The van der Waals surface area contributed by atoms with Gasteiger partial charge in [0.25, 0.3) is 0 Å². The predicted molar refractivity (Wildman–Crippen MR) is 81.8 cm³/mol. The molecule has 2 heterocycles. The van der Waals surface area contributed by atoms with Gasteiger partial charge in [-0.2, -0.15) is 0 Å². The van der Waals surface area contributed by atoms with Gasteiger partial charge in [0.1, 0.15) is 0 Å². The van der Waals surface area contributed by atoms with E-state index in [4.69, 9.17) is 9.72 Å². The highest BCUT2D eigenvalue weighted by molar-refractivity contribution is 5.11. The lowest BCUT2D eigenvalue weighted by Gasteiger charge is -2.26. The molecule has 1 aliphatic heterocycles. The van der Waals surface area contributed by atoms with Gasteiger partial charge in [-0.05, 0) is 38.1 Å². The third-order valence-electron chi connectivity index (χ3n) is 3.79. The molecule has 2 rings (SSSR count). The number of aromatic nitrogens is 1. The van der Waals surface area contributed by atoms with Crippen molar-refractivity contribution in [1.29, 1.82) is 0 Å². The van der Waals surface area contributed by atoms with Gasteiger partial charge < -0.3 is 15.0 Å². The Morgan fingerprint density at radius 3 is 2.80 bits per heavy atom. The van der Waals surface area contributed by atoms with E-state index in [-0.39, 0.29) is 0 Å². The minimum atomic E-state index is 0.745. The fourth-order valence-corrected chi connectivity index (χ4v) is 2.61. The van der Waals surface area contributed by atoms with Crippen LogP contribution in [0.3, 0.4) is 0 Å². The summed E-state index contributed by atoms with van der Waals surface area (Å²) in [4.78, 5) is 7.29. The number of rotatable bonds is 8. The maximum atomic E-state index is 5.02. The number of hydrogen-bond acceptors (Lipinski definition) is 4. The summed E-state index contributed by atoms with van der Waals surface area (Å²) in [6.45, 7) is 6.11. The molecule has 0 spiro atoms. The van der Waals surface area contributed by atoms with Crippen molar-refractivity contribution >= 4 is 0 Å². The van der Waals surface area contributed by atoms with Crippen molar-refractivity contribution in [3.63, 3.8) is 0 Å². The largest absolute Gasteiger partial charge is 0.383 e. The quantitative estimate of drug-likeness (QED) is 0.736. The van der Waals surface area contributed by atoms with Crippen LogP contribution in [0.25, 0.3) is 0 Å². The second-order valence-corrected chi connectivity index (χ2v) is 5.44. The van der Waals surface area contributed by atoms with E-state index in [0.29, 0.717) is 0 Å². The summed E-state index contributed by atoms with van der Waals surface area (Å²) >= 11 is 0. The summed E-state index contributed by atoms with van der Waals surface area (Å²) in [6.07, 6.45) is 5.18. The van der Waals surface area contributed by atoms with Gasteiger partial charge in [0.05, 0.1) is 12.3 Å². The van der Waals surface area contributed by atoms with Crippen molar-refractivity contribution in [1.82, 2.24) is 15.2 Å². The molecule has 1 saturated heterocycles. The summed E-state index contributed by atoms with van der Waals surface area (Å²) < 4.78 is 5.02. The number of ether oxygens (including phenoxy) is 1. The Kier molecular flexibility index (Phi) is 6.98. The maximum absolute atomic E-state index is 5.02.